The summed E-state index contributed by atoms with van der Waals surface area (Å²) < 4.78 is 0. The summed E-state index contributed by atoms with van der Waals surface area (Å²) in [6, 6.07) is 5.91. The van der Waals surface area contributed by atoms with Gasteiger partial charge in [0, 0.05) is 6.54 Å². The first kappa shape index (κ1) is 13.0. The van der Waals surface area contributed by atoms with Crippen LogP contribution >= 0.6 is 0 Å². The zero-order chi connectivity index (χ0) is 12.0. The standard InChI is InChI=1S/C13H22N2O/c1-14-8-6-12-10-11(4-5-13(12)16)7-9-15(2)3/h4-5,10,14,16H,6-9H2,1-3H3. The first-order valence-corrected chi connectivity index (χ1v) is 5.73. The molecule has 0 bridgehead atoms. The number of phenols is 1. The Hall–Kier alpha value is -1.06. The Morgan fingerprint density at radius 3 is 2.62 bits per heavy atom. The Morgan fingerprint density at radius 2 is 2.00 bits per heavy atom. The Balaban J connectivity index is 2.65. The number of phenolic OH excluding ortho intramolecular Hbond substituents is 1. The number of nitrogens with zero attached hydrogens (tertiary/aromatic N) is 1. The summed E-state index contributed by atoms with van der Waals surface area (Å²) in [6.07, 6.45) is 1.90. The molecule has 0 aliphatic carbocycles. The van der Waals surface area contributed by atoms with Gasteiger partial charge in [-0.25, -0.2) is 0 Å². The third-order valence-corrected chi connectivity index (χ3v) is 2.64. The van der Waals surface area contributed by atoms with Crippen molar-refractivity contribution in [2.75, 3.05) is 34.2 Å². The van der Waals surface area contributed by atoms with Crippen molar-refractivity contribution < 1.29 is 5.11 Å². The third-order valence-electron chi connectivity index (χ3n) is 2.64. The van der Waals surface area contributed by atoms with Gasteiger partial charge in [0.05, 0.1) is 0 Å². The molecule has 0 spiro atoms. The molecule has 1 rings (SSSR count). The van der Waals surface area contributed by atoms with Gasteiger partial charge in [-0.3, -0.25) is 0 Å². The molecule has 0 unspecified atom stereocenters. The lowest BCUT2D eigenvalue weighted by Gasteiger charge is -2.11. The summed E-state index contributed by atoms with van der Waals surface area (Å²) in [5.74, 6) is 0.406. The number of benzene rings is 1. The maximum atomic E-state index is 9.70. The largest absolute Gasteiger partial charge is 0.508 e. The molecule has 90 valence electrons. The monoisotopic (exact) mass is 222 g/mol. The molecule has 0 aliphatic rings. The van der Waals surface area contributed by atoms with E-state index in [1.807, 2.05) is 13.1 Å². The van der Waals surface area contributed by atoms with Crippen molar-refractivity contribution in [1.29, 1.82) is 0 Å². The fourth-order valence-corrected chi connectivity index (χ4v) is 1.61. The molecule has 0 aromatic heterocycles. The van der Waals surface area contributed by atoms with Crippen LogP contribution in [0.5, 0.6) is 5.75 Å². The van der Waals surface area contributed by atoms with E-state index in [4.69, 9.17) is 0 Å². The summed E-state index contributed by atoms with van der Waals surface area (Å²) >= 11 is 0. The lowest BCUT2D eigenvalue weighted by molar-refractivity contribution is 0.413. The second-order valence-corrected chi connectivity index (χ2v) is 4.37. The van der Waals surface area contributed by atoms with E-state index in [9.17, 15) is 5.11 Å². The number of aromatic hydroxyl groups is 1. The van der Waals surface area contributed by atoms with E-state index < -0.39 is 0 Å². The lowest BCUT2D eigenvalue weighted by atomic mass is 10.0. The molecule has 0 saturated heterocycles. The molecule has 1 aromatic rings. The summed E-state index contributed by atoms with van der Waals surface area (Å²) in [5, 5.41) is 12.8. The van der Waals surface area contributed by atoms with E-state index in [1.165, 1.54) is 5.56 Å². The zero-order valence-electron chi connectivity index (χ0n) is 10.5. The Morgan fingerprint density at radius 1 is 1.25 bits per heavy atom. The molecular weight excluding hydrogens is 200 g/mol. The first-order chi connectivity index (χ1) is 7.63. The quantitative estimate of drug-likeness (QED) is 0.760. The zero-order valence-corrected chi connectivity index (χ0v) is 10.5. The van der Waals surface area contributed by atoms with Gasteiger partial charge >= 0.3 is 0 Å². The van der Waals surface area contributed by atoms with Crippen LogP contribution in [0.2, 0.25) is 0 Å². The highest BCUT2D eigenvalue weighted by Gasteiger charge is 2.03. The van der Waals surface area contributed by atoms with Gasteiger partial charge in [-0.15, -0.1) is 0 Å². The van der Waals surface area contributed by atoms with E-state index >= 15 is 0 Å². The highest BCUT2D eigenvalue weighted by molar-refractivity contribution is 5.36. The lowest BCUT2D eigenvalue weighted by Crippen LogP contribution is -2.15. The van der Waals surface area contributed by atoms with Crippen LogP contribution in [0.15, 0.2) is 18.2 Å². The minimum Gasteiger partial charge on any atom is -0.508 e. The minimum absolute atomic E-state index is 0.406. The van der Waals surface area contributed by atoms with Crippen LogP contribution in [-0.2, 0) is 12.8 Å². The molecule has 2 N–H and O–H groups in total. The van der Waals surface area contributed by atoms with E-state index in [1.54, 1.807) is 6.07 Å². The van der Waals surface area contributed by atoms with Crippen LogP contribution in [0.4, 0.5) is 0 Å². The topological polar surface area (TPSA) is 35.5 Å². The fraction of sp³-hybridized carbons (Fsp3) is 0.538. The Kier molecular flexibility index (Phi) is 5.29. The summed E-state index contributed by atoms with van der Waals surface area (Å²) in [5.41, 5.74) is 2.32. The van der Waals surface area contributed by atoms with Crippen molar-refractivity contribution in [2.45, 2.75) is 12.8 Å². The van der Waals surface area contributed by atoms with Gasteiger partial charge in [-0.2, -0.15) is 0 Å². The number of likely N-dealkylation sites (N-methyl/N-ethyl adjacent to an activating group) is 2. The second-order valence-electron chi connectivity index (χ2n) is 4.37. The van der Waals surface area contributed by atoms with Gasteiger partial charge < -0.3 is 15.3 Å². The van der Waals surface area contributed by atoms with Gasteiger partial charge in [0.1, 0.15) is 5.75 Å². The molecule has 16 heavy (non-hydrogen) atoms. The Bertz CT molecular complexity index is 324. The third kappa shape index (κ3) is 4.21. The van der Waals surface area contributed by atoms with Crippen LogP contribution in [-0.4, -0.2) is 44.2 Å². The first-order valence-electron chi connectivity index (χ1n) is 5.73. The summed E-state index contributed by atoms with van der Waals surface area (Å²) in [4.78, 5) is 2.17. The van der Waals surface area contributed by atoms with Crippen molar-refractivity contribution in [1.82, 2.24) is 10.2 Å². The predicted molar refractivity (Wildman–Crippen MR) is 68.0 cm³/mol. The van der Waals surface area contributed by atoms with Crippen molar-refractivity contribution in [3.8, 4) is 5.75 Å². The van der Waals surface area contributed by atoms with E-state index in [0.717, 1.165) is 31.5 Å². The summed E-state index contributed by atoms with van der Waals surface area (Å²) in [7, 11) is 6.07. The molecule has 0 radical (unpaired) electrons. The van der Waals surface area contributed by atoms with Crippen molar-refractivity contribution in [3.05, 3.63) is 29.3 Å². The van der Waals surface area contributed by atoms with Gasteiger partial charge in [0.25, 0.3) is 0 Å². The van der Waals surface area contributed by atoms with Crippen LogP contribution in [0.1, 0.15) is 11.1 Å². The number of rotatable bonds is 6. The molecule has 0 atom stereocenters. The highest BCUT2D eigenvalue weighted by atomic mass is 16.3. The highest BCUT2D eigenvalue weighted by Crippen LogP contribution is 2.19. The smallest absolute Gasteiger partial charge is 0.118 e. The second kappa shape index (κ2) is 6.51. The van der Waals surface area contributed by atoms with E-state index in [0.29, 0.717) is 5.75 Å². The predicted octanol–water partition coefficient (Wildman–Crippen LogP) is 1.26. The van der Waals surface area contributed by atoms with Crippen LogP contribution < -0.4 is 5.32 Å². The van der Waals surface area contributed by atoms with Crippen LogP contribution in [0.25, 0.3) is 0 Å². The molecular formula is C13H22N2O. The number of hydrogen-bond acceptors (Lipinski definition) is 3. The minimum atomic E-state index is 0.406. The van der Waals surface area contributed by atoms with Crippen molar-refractivity contribution in [2.24, 2.45) is 0 Å². The fourth-order valence-electron chi connectivity index (χ4n) is 1.61. The van der Waals surface area contributed by atoms with Crippen molar-refractivity contribution >= 4 is 0 Å². The van der Waals surface area contributed by atoms with Crippen molar-refractivity contribution in [3.63, 3.8) is 0 Å². The number of nitrogens with one attached hydrogen (secondary N) is 1. The van der Waals surface area contributed by atoms with Crippen LogP contribution in [0, 0.1) is 0 Å². The molecule has 0 saturated carbocycles. The average Bonchev–Trinajstić information content (AvgIpc) is 2.26. The maximum absolute atomic E-state index is 9.70. The van der Waals surface area contributed by atoms with E-state index in [-0.39, 0.29) is 0 Å². The molecule has 0 aliphatic heterocycles. The summed E-state index contributed by atoms with van der Waals surface area (Å²) in [6.45, 7) is 1.93. The van der Waals surface area contributed by atoms with Gasteiger partial charge in [0.15, 0.2) is 0 Å². The molecule has 3 nitrogen and oxygen atoms in total. The molecule has 1 aromatic carbocycles. The normalized spacial score (nSPS) is 11.0. The molecule has 0 heterocycles. The maximum Gasteiger partial charge on any atom is 0.118 e. The van der Waals surface area contributed by atoms with E-state index in [2.05, 4.69) is 30.4 Å². The number of hydrogen-bond donors (Lipinski definition) is 2. The SMILES string of the molecule is CNCCc1cc(CCN(C)C)ccc1O. The molecule has 3 heteroatoms. The molecule has 0 amide bonds. The van der Waals surface area contributed by atoms with Gasteiger partial charge in [-0.1, -0.05) is 12.1 Å². The average molecular weight is 222 g/mol. The van der Waals surface area contributed by atoms with Gasteiger partial charge in [0.2, 0.25) is 0 Å². The van der Waals surface area contributed by atoms with Crippen LogP contribution in [0.3, 0.4) is 0 Å². The van der Waals surface area contributed by atoms with Gasteiger partial charge in [-0.05, 0) is 57.7 Å². The Labute approximate surface area is 98.1 Å². The molecule has 0 fully saturated rings.